The van der Waals surface area contributed by atoms with Crippen molar-refractivity contribution in [2.45, 2.75) is 32.7 Å². The first-order valence-corrected chi connectivity index (χ1v) is 11.3. The third kappa shape index (κ3) is 6.22. The molecule has 27 heavy (non-hydrogen) atoms. The molecule has 1 unspecified atom stereocenters. The highest BCUT2D eigenvalue weighted by molar-refractivity contribution is 7.89. The van der Waals surface area contributed by atoms with E-state index < -0.39 is 10.0 Å². The Kier molecular flexibility index (Phi) is 8.59. The van der Waals surface area contributed by atoms with E-state index >= 15 is 0 Å². The number of likely N-dealkylation sites (tertiary alicyclic amines) is 1. The van der Waals surface area contributed by atoms with Crippen LogP contribution in [0.2, 0.25) is 0 Å². The lowest BCUT2D eigenvalue weighted by molar-refractivity contribution is 0.215. The molecule has 0 spiro atoms. The summed E-state index contributed by atoms with van der Waals surface area (Å²) < 4.78 is 31.6. The Balaban J connectivity index is 1.87. The molecule has 0 amide bonds. The summed E-state index contributed by atoms with van der Waals surface area (Å²) in [6.07, 6.45) is 4.10. The number of sulfonamides is 1. The zero-order valence-electron chi connectivity index (χ0n) is 16.6. The monoisotopic (exact) mass is 399 g/mol. The molecule has 9 heteroatoms. The zero-order chi connectivity index (χ0) is 19.7. The van der Waals surface area contributed by atoms with Crippen LogP contribution in [0.15, 0.2) is 27.8 Å². The van der Waals surface area contributed by atoms with Crippen molar-refractivity contribution in [1.82, 2.24) is 19.8 Å². The fourth-order valence-corrected chi connectivity index (χ4v) is 4.81. The van der Waals surface area contributed by atoms with Crippen molar-refractivity contribution in [3.05, 3.63) is 24.2 Å². The maximum absolute atomic E-state index is 12.3. The largest absolute Gasteiger partial charge is 0.468 e. The Hall–Kier alpha value is -1.58. The molecule has 8 nitrogen and oxygen atoms in total. The first kappa shape index (κ1) is 21.7. The smallest absolute Gasteiger partial charge is 0.215 e. The average molecular weight is 400 g/mol. The van der Waals surface area contributed by atoms with E-state index in [4.69, 9.17) is 4.42 Å². The number of hydrogen-bond acceptors (Lipinski definition) is 5. The van der Waals surface area contributed by atoms with Gasteiger partial charge in [0.15, 0.2) is 5.96 Å². The summed E-state index contributed by atoms with van der Waals surface area (Å²) >= 11 is 0. The van der Waals surface area contributed by atoms with Gasteiger partial charge in [-0.25, -0.2) is 12.7 Å². The van der Waals surface area contributed by atoms with Crippen LogP contribution in [0.4, 0.5) is 0 Å². The van der Waals surface area contributed by atoms with Crippen LogP contribution in [0.3, 0.4) is 0 Å². The molecular weight excluding hydrogens is 366 g/mol. The van der Waals surface area contributed by atoms with Gasteiger partial charge in [-0.05, 0) is 38.1 Å². The first-order valence-electron chi connectivity index (χ1n) is 9.71. The molecule has 2 N–H and O–H groups in total. The minimum absolute atomic E-state index is 0.0448. The molecule has 0 bridgehead atoms. The van der Waals surface area contributed by atoms with E-state index in [1.807, 2.05) is 26.0 Å². The Morgan fingerprint density at radius 1 is 1.30 bits per heavy atom. The Labute approximate surface area is 163 Å². The van der Waals surface area contributed by atoms with Gasteiger partial charge in [0.1, 0.15) is 5.76 Å². The maximum atomic E-state index is 12.3. The molecule has 0 aliphatic carbocycles. The van der Waals surface area contributed by atoms with Crippen molar-refractivity contribution in [3.63, 3.8) is 0 Å². The van der Waals surface area contributed by atoms with E-state index in [1.54, 1.807) is 13.3 Å². The number of nitrogens with zero attached hydrogens (tertiary/aromatic N) is 3. The lowest BCUT2D eigenvalue weighted by Crippen LogP contribution is -2.45. The van der Waals surface area contributed by atoms with Gasteiger partial charge in [0.05, 0.1) is 18.1 Å². The Morgan fingerprint density at radius 3 is 2.56 bits per heavy atom. The van der Waals surface area contributed by atoms with Crippen molar-refractivity contribution >= 4 is 16.0 Å². The Morgan fingerprint density at radius 2 is 2.00 bits per heavy atom. The third-order valence-electron chi connectivity index (χ3n) is 4.89. The third-order valence-corrected chi connectivity index (χ3v) is 6.91. The van der Waals surface area contributed by atoms with Gasteiger partial charge in [0, 0.05) is 33.2 Å². The number of guanidine groups is 1. The quantitative estimate of drug-likeness (QED) is 0.455. The average Bonchev–Trinajstić information content (AvgIpc) is 3.35. The van der Waals surface area contributed by atoms with E-state index in [0.29, 0.717) is 32.1 Å². The molecule has 1 aliphatic rings. The van der Waals surface area contributed by atoms with E-state index in [-0.39, 0.29) is 11.8 Å². The summed E-state index contributed by atoms with van der Waals surface area (Å²) in [5.41, 5.74) is 0. The molecule has 1 fully saturated rings. The van der Waals surface area contributed by atoms with Crippen molar-refractivity contribution < 1.29 is 12.8 Å². The Bertz CT molecular complexity index is 665. The number of aliphatic imine (C=N–C) groups is 1. The second kappa shape index (κ2) is 10.7. The standard InChI is InChI=1S/C18H33N5O3S/c1-4-23(5-2)27(24,25)14-10-20-18(19-3)21-15-16(17-9-8-13-26-17)22-11-6-7-12-22/h8-9,13,16H,4-7,10-12,14-15H2,1-3H3,(H2,19,20,21). The van der Waals surface area contributed by atoms with Crippen molar-refractivity contribution in [1.29, 1.82) is 0 Å². The molecule has 2 rings (SSSR count). The van der Waals surface area contributed by atoms with Crippen LogP contribution in [0.1, 0.15) is 38.5 Å². The van der Waals surface area contributed by atoms with Crippen LogP contribution in [0.5, 0.6) is 0 Å². The van der Waals surface area contributed by atoms with Crippen LogP contribution in [-0.2, 0) is 10.0 Å². The second-order valence-corrected chi connectivity index (χ2v) is 8.64. The normalized spacial score (nSPS) is 17.4. The van der Waals surface area contributed by atoms with Gasteiger partial charge in [-0.3, -0.25) is 9.89 Å². The molecule has 1 aromatic rings. The predicted octanol–water partition coefficient (Wildman–Crippen LogP) is 1.25. The van der Waals surface area contributed by atoms with Gasteiger partial charge >= 0.3 is 0 Å². The molecule has 0 aromatic carbocycles. The van der Waals surface area contributed by atoms with E-state index in [0.717, 1.165) is 18.8 Å². The molecule has 0 radical (unpaired) electrons. The topological polar surface area (TPSA) is 90.2 Å². The van der Waals surface area contributed by atoms with Crippen LogP contribution >= 0.6 is 0 Å². The maximum Gasteiger partial charge on any atom is 0.215 e. The molecule has 154 valence electrons. The SMILES string of the molecule is CCN(CC)S(=O)(=O)CCNC(=NC)NCC(c1ccco1)N1CCCC1. The summed E-state index contributed by atoms with van der Waals surface area (Å²) in [5.74, 6) is 1.58. The minimum atomic E-state index is -3.24. The molecule has 1 aromatic heterocycles. The molecule has 1 aliphatic heterocycles. The van der Waals surface area contributed by atoms with Gasteiger partial charge in [-0.2, -0.15) is 0 Å². The fraction of sp³-hybridized carbons (Fsp3) is 0.722. The van der Waals surface area contributed by atoms with E-state index in [9.17, 15) is 8.42 Å². The molecule has 1 saturated heterocycles. The van der Waals surface area contributed by atoms with Gasteiger partial charge in [-0.15, -0.1) is 0 Å². The molecular formula is C18H33N5O3S. The number of rotatable bonds is 10. The van der Waals surface area contributed by atoms with E-state index in [2.05, 4.69) is 20.5 Å². The lowest BCUT2D eigenvalue weighted by Gasteiger charge is -2.26. The van der Waals surface area contributed by atoms with Gasteiger partial charge < -0.3 is 15.1 Å². The lowest BCUT2D eigenvalue weighted by atomic mass is 10.2. The van der Waals surface area contributed by atoms with Gasteiger partial charge in [0.25, 0.3) is 0 Å². The van der Waals surface area contributed by atoms with Crippen molar-refractivity contribution in [2.24, 2.45) is 4.99 Å². The number of hydrogen-bond donors (Lipinski definition) is 2. The number of nitrogens with one attached hydrogen (secondary N) is 2. The van der Waals surface area contributed by atoms with Crippen molar-refractivity contribution in [3.8, 4) is 0 Å². The summed E-state index contributed by atoms with van der Waals surface area (Å²) in [4.78, 5) is 6.62. The summed E-state index contributed by atoms with van der Waals surface area (Å²) in [6, 6.07) is 4.04. The minimum Gasteiger partial charge on any atom is -0.468 e. The highest BCUT2D eigenvalue weighted by atomic mass is 32.2. The highest BCUT2D eigenvalue weighted by Gasteiger charge is 2.25. The zero-order valence-corrected chi connectivity index (χ0v) is 17.5. The highest BCUT2D eigenvalue weighted by Crippen LogP contribution is 2.24. The van der Waals surface area contributed by atoms with Crippen LogP contribution in [0.25, 0.3) is 0 Å². The van der Waals surface area contributed by atoms with Crippen LogP contribution in [-0.4, -0.2) is 75.7 Å². The van der Waals surface area contributed by atoms with Gasteiger partial charge in [0.2, 0.25) is 10.0 Å². The van der Waals surface area contributed by atoms with Crippen LogP contribution in [0, 0.1) is 0 Å². The summed E-state index contributed by atoms with van der Waals surface area (Å²) in [6.45, 7) is 7.76. The molecule has 1 atom stereocenters. The molecule has 2 heterocycles. The number of furan rings is 1. The first-order chi connectivity index (χ1) is 13.0. The predicted molar refractivity (Wildman–Crippen MR) is 108 cm³/mol. The van der Waals surface area contributed by atoms with E-state index in [1.165, 1.54) is 17.1 Å². The van der Waals surface area contributed by atoms with Gasteiger partial charge in [-0.1, -0.05) is 13.8 Å². The van der Waals surface area contributed by atoms with Crippen molar-refractivity contribution in [2.75, 3.05) is 52.1 Å². The molecule has 0 saturated carbocycles. The summed E-state index contributed by atoms with van der Waals surface area (Å²) in [5, 5.41) is 6.41. The van der Waals surface area contributed by atoms with Crippen LogP contribution < -0.4 is 10.6 Å². The second-order valence-electron chi connectivity index (χ2n) is 6.55. The summed E-state index contributed by atoms with van der Waals surface area (Å²) in [7, 11) is -1.55. The fourth-order valence-electron chi connectivity index (χ4n) is 3.40.